The molecule has 0 aromatic heterocycles. The van der Waals surface area contributed by atoms with Crippen LogP contribution in [0, 0.1) is 0 Å². The van der Waals surface area contributed by atoms with E-state index in [1.165, 1.54) is 12.1 Å². The van der Waals surface area contributed by atoms with Gasteiger partial charge in [-0.1, -0.05) is 6.07 Å². The Balaban J connectivity index is 2.87. The average Bonchev–Trinajstić information content (AvgIpc) is 2.31. The molecule has 1 rings (SSSR count). The first-order valence-electron chi connectivity index (χ1n) is 5.87. The molecule has 0 fully saturated rings. The van der Waals surface area contributed by atoms with Crippen molar-refractivity contribution in [2.45, 2.75) is 32.4 Å². The molecule has 0 bridgehead atoms. The molecule has 5 heteroatoms. The first-order valence-corrected chi connectivity index (χ1v) is 5.87. The quantitative estimate of drug-likeness (QED) is 0.677. The number of hydrogen-bond donors (Lipinski definition) is 3. The molecule has 2 atom stereocenters. The molecule has 2 unspecified atom stereocenters. The summed E-state index contributed by atoms with van der Waals surface area (Å²) in [4.78, 5) is 11.4. The minimum atomic E-state index is -0.771. The number of phenolic OH excluding ortho intramolecular Hbond substituents is 1. The van der Waals surface area contributed by atoms with Crippen molar-refractivity contribution in [3.8, 4) is 5.75 Å². The van der Waals surface area contributed by atoms with Crippen molar-refractivity contribution in [2.75, 3.05) is 6.61 Å². The lowest BCUT2D eigenvalue weighted by Gasteiger charge is -2.15. The van der Waals surface area contributed by atoms with Crippen LogP contribution in [0.1, 0.15) is 31.1 Å². The Morgan fingerprint density at radius 2 is 2.17 bits per heavy atom. The fourth-order valence-electron chi connectivity index (χ4n) is 1.73. The van der Waals surface area contributed by atoms with E-state index in [0.29, 0.717) is 5.56 Å². The molecule has 1 aromatic rings. The molecule has 0 heterocycles. The van der Waals surface area contributed by atoms with E-state index in [9.17, 15) is 15.0 Å². The Morgan fingerprint density at radius 1 is 1.50 bits per heavy atom. The summed E-state index contributed by atoms with van der Waals surface area (Å²) in [5.74, 6) is -0.401. The zero-order valence-corrected chi connectivity index (χ0v) is 10.6. The van der Waals surface area contributed by atoms with Crippen LogP contribution >= 0.6 is 0 Å². The van der Waals surface area contributed by atoms with E-state index in [2.05, 4.69) is 0 Å². The maximum absolute atomic E-state index is 11.4. The molecule has 4 N–H and O–H groups in total. The van der Waals surface area contributed by atoms with E-state index >= 15 is 0 Å². The number of benzene rings is 1. The van der Waals surface area contributed by atoms with E-state index in [-0.39, 0.29) is 18.8 Å². The number of ether oxygens (including phenoxy) is 1. The number of aliphatic hydroxyl groups excluding tert-OH is 1. The fourth-order valence-corrected chi connectivity index (χ4v) is 1.73. The van der Waals surface area contributed by atoms with Crippen LogP contribution < -0.4 is 5.73 Å². The molecular formula is C13H19NO4. The van der Waals surface area contributed by atoms with Crippen LogP contribution in [0.2, 0.25) is 0 Å². The van der Waals surface area contributed by atoms with Crippen LogP contribution in [0.4, 0.5) is 0 Å². The zero-order valence-electron chi connectivity index (χ0n) is 10.6. The third kappa shape index (κ3) is 3.72. The molecule has 0 aliphatic carbocycles. The van der Waals surface area contributed by atoms with Gasteiger partial charge in [-0.25, -0.2) is 0 Å². The number of carbonyl (C=O) groups is 1. The summed E-state index contributed by atoms with van der Waals surface area (Å²) >= 11 is 0. The molecule has 1 aromatic carbocycles. The van der Waals surface area contributed by atoms with Crippen LogP contribution in [0.25, 0.3) is 0 Å². The number of hydrogen-bond acceptors (Lipinski definition) is 5. The highest BCUT2D eigenvalue weighted by Crippen LogP contribution is 2.23. The summed E-state index contributed by atoms with van der Waals surface area (Å²) < 4.78 is 4.82. The average molecular weight is 253 g/mol. The summed E-state index contributed by atoms with van der Waals surface area (Å²) in [5, 5.41) is 19.0. The Labute approximate surface area is 106 Å². The normalized spacial score (nSPS) is 14.0. The summed E-state index contributed by atoms with van der Waals surface area (Å²) in [6.45, 7) is 3.59. The molecule has 0 aliphatic rings. The minimum absolute atomic E-state index is 0.0688. The lowest BCUT2D eigenvalue weighted by atomic mass is 9.97. The Bertz CT molecular complexity index is 417. The lowest BCUT2D eigenvalue weighted by molar-refractivity contribution is -0.144. The molecule has 0 spiro atoms. The van der Waals surface area contributed by atoms with E-state index in [0.717, 1.165) is 5.56 Å². The highest BCUT2D eigenvalue weighted by molar-refractivity contribution is 5.76. The molecule has 0 aliphatic heterocycles. The second-order valence-electron chi connectivity index (χ2n) is 4.12. The number of esters is 1. The second-order valence-corrected chi connectivity index (χ2v) is 4.12. The SMILES string of the molecule is CCOC(=O)C(N)Cc1ccc(O)cc1C(C)O. The summed E-state index contributed by atoms with van der Waals surface area (Å²) in [5.41, 5.74) is 7.01. The smallest absolute Gasteiger partial charge is 0.323 e. The highest BCUT2D eigenvalue weighted by atomic mass is 16.5. The van der Waals surface area contributed by atoms with Gasteiger partial charge in [0.1, 0.15) is 11.8 Å². The van der Waals surface area contributed by atoms with Crippen LogP contribution in [0.15, 0.2) is 18.2 Å². The van der Waals surface area contributed by atoms with E-state index in [4.69, 9.17) is 10.5 Å². The largest absolute Gasteiger partial charge is 0.508 e. The number of rotatable bonds is 5. The first-order chi connectivity index (χ1) is 8.45. The zero-order chi connectivity index (χ0) is 13.7. The highest BCUT2D eigenvalue weighted by Gasteiger charge is 2.18. The number of phenols is 1. The van der Waals surface area contributed by atoms with E-state index in [1.54, 1.807) is 19.9 Å². The molecule has 0 amide bonds. The maximum atomic E-state index is 11.4. The molecule has 5 nitrogen and oxygen atoms in total. The molecule has 100 valence electrons. The topological polar surface area (TPSA) is 92.8 Å². The molecule has 18 heavy (non-hydrogen) atoms. The van der Waals surface area contributed by atoms with E-state index < -0.39 is 18.1 Å². The molecule has 0 radical (unpaired) electrons. The molecule has 0 saturated heterocycles. The third-order valence-electron chi connectivity index (χ3n) is 2.61. The number of aliphatic hydroxyl groups is 1. The van der Waals surface area contributed by atoms with Crippen LogP contribution in [-0.2, 0) is 16.0 Å². The molecule has 0 saturated carbocycles. The summed E-state index contributed by atoms with van der Waals surface area (Å²) in [7, 11) is 0. The standard InChI is InChI=1S/C13H19NO4/c1-3-18-13(17)12(14)6-9-4-5-10(16)7-11(9)8(2)15/h4-5,7-8,12,15-16H,3,6,14H2,1-2H3. The predicted octanol–water partition coefficient (Wildman–Crippen LogP) is 0.878. The lowest BCUT2D eigenvalue weighted by Crippen LogP contribution is -2.34. The van der Waals surface area contributed by atoms with Gasteiger partial charge in [-0.15, -0.1) is 0 Å². The predicted molar refractivity (Wildman–Crippen MR) is 67.1 cm³/mol. The number of carbonyl (C=O) groups excluding carboxylic acids is 1. The van der Waals surface area contributed by atoms with Crippen molar-refractivity contribution in [1.82, 2.24) is 0 Å². The summed E-state index contributed by atoms with van der Waals surface area (Å²) in [6.07, 6.45) is -0.471. The maximum Gasteiger partial charge on any atom is 0.323 e. The van der Waals surface area contributed by atoms with Crippen molar-refractivity contribution in [3.05, 3.63) is 29.3 Å². The minimum Gasteiger partial charge on any atom is -0.508 e. The third-order valence-corrected chi connectivity index (χ3v) is 2.61. The van der Waals surface area contributed by atoms with Crippen LogP contribution in [-0.4, -0.2) is 28.8 Å². The van der Waals surface area contributed by atoms with Crippen LogP contribution in [0.3, 0.4) is 0 Å². The van der Waals surface area contributed by atoms with Gasteiger partial charge in [0.2, 0.25) is 0 Å². The van der Waals surface area contributed by atoms with Gasteiger partial charge in [0.25, 0.3) is 0 Å². The van der Waals surface area contributed by atoms with Crippen LogP contribution in [0.5, 0.6) is 5.75 Å². The fraction of sp³-hybridized carbons (Fsp3) is 0.462. The van der Waals surface area contributed by atoms with Crippen molar-refractivity contribution in [1.29, 1.82) is 0 Å². The number of aromatic hydroxyl groups is 1. The van der Waals surface area contributed by atoms with Crippen molar-refractivity contribution >= 4 is 5.97 Å². The van der Waals surface area contributed by atoms with Crippen molar-refractivity contribution in [3.63, 3.8) is 0 Å². The van der Waals surface area contributed by atoms with Gasteiger partial charge >= 0.3 is 5.97 Å². The van der Waals surface area contributed by atoms with E-state index in [1.807, 2.05) is 0 Å². The first kappa shape index (κ1) is 14.5. The van der Waals surface area contributed by atoms with Gasteiger partial charge in [0, 0.05) is 0 Å². The van der Waals surface area contributed by atoms with Gasteiger partial charge in [0.05, 0.1) is 12.7 Å². The van der Waals surface area contributed by atoms with Crippen molar-refractivity contribution < 1.29 is 19.7 Å². The molecular weight excluding hydrogens is 234 g/mol. The van der Waals surface area contributed by atoms with Gasteiger partial charge in [-0.2, -0.15) is 0 Å². The van der Waals surface area contributed by atoms with Gasteiger partial charge in [-0.3, -0.25) is 4.79 Å². The summed E-state index contributed by atoms with van der Waals surface area (Å²) in [6, 6.07) is 3.85. The van der Waals surface area contributed by atoms with Crippen molar-refractivity contribution in [2.24, 2.45) is 5.73 Å². The van der Waals surface area contributed by atoms with Gasteiger partial charge in [-0.05, 0) is 43.5 Å². The number of nitrogens with two attached hydrogens (primary N) is 1. The van der Waals surface area contributed by atoms with Gasteiger partial charge in [0.15, 0.2) is 0 Å². The van der Waals surface area contributed by atoms with Gasteiger partial charge < -0.3 is 20.7 Å². The monoisotopic (exact) mass is 253 g/mol. The Hall–Kier alpha value is -1.59. The Kier molecular flexibility index (Phi) is 5.12. The Morgan fingerprint density at radius 3 is 2.72 bits per heavy atom. The second kappa shape index (κ2) is 6.37.